The highest BCUT2D eigenvalue weighted by Crippen LogP contribution is 2.30. The number of anilines is 1. The molecule has 0 fully saturated rings. The third-order valence-corrected chi connectivity index (χ3v) is 6.10. The molecular weight excluding hydrogens is 511 g/mol. The van der Waals surface area contributed by atoms with Crippen molar-refractivity contribution in [1.29, 1.82) is 0 Å². The molecule has 1 aliphatic rings. The number of aromatic amines is 1. The second-order valence-electron chi connectivity index (χ2n) is 8.52. The number of H-pyrrole nitrogens is 1. The number of nitrogens with one attached hydrogen (secondary N) is 3. The number of carbonyl (C=O) groups excluding carboxylic acids is 2. The van der Waals surface area contributed by atoms with E-state index < -0.39 is 11.9 Å². The normalized spacial score (nSPS) is 15.7. The molecule has 192 valence electrons. The Bertz CT molecular complexity index is 1530. The Labute approximate surface area is 221 Å². The third-order valence-electron chi connectivity index (χ3n) is 5.86. The first kappa shape index (κ1) is 25.0. The first-order chi connectivity index (χ1) is 18.5. The van der Waals surface area contributed by atoms with Crippen LogP contribution in [0.3, 0.4) is 0 Å². The third kappa shape index (κ3) is 5.84. The van der Waals surface area contributed by atoms with E-state index in [-0.39, 0.29) is 18.2 Å². The van der Waals surface area contributed by atoms with E-state index in [4.69, 9.17) is 11.6 Å². The highest BCUT2D eigenvalue weighted by atomic mass is 35.5. The average molecular weight is 533 g/mol. The van der Waals surface area contributed by atoms with Gasteiger partial charge in [-0.15, -0.1) is 5.10 Å². The number of nitrogens with zero attached hydrogens (tertiary/aromatic N) is 5. The van der Waals surface area contributed by atoms with Crippen LogP contribution in [-0.4, -0.2) is 42.0 Å². The van der Waals surface area contributed by atoms with Gasteiger partial charge in [-0.05, 0) is 65.7 Å². The summed E-state index contributed by atoms with van der Waals surface area (Å²) in [7, 11) is 0. The van der Waals surface area contributed by atoms with Gasteiger partial charge in [0.1, 0.15) is 18.0 Å². The van der Waals surface area contributed by atoms with E-state index in [1.807, 2.05) is 12.2 Å². The van der Waals surface area contributed by atoms with Crippen LogP contribution in [0.2, 0.25) is 5.02 Å². The molecule has 1 aliphatic heterocycles. The minimum absolute atomic E-state index is 0.182. The number of imidazole rings is 1. The molecule has 2 bridgehead atoms. The van der Waals surface area contributed by atoms with Crippen molar-refractivity contribution in [1.82, 2.24) is 35.5 Å². The van der Waals surface area contributed by atoms with Gasteiger partial charge in [0.05, 0.1) is 29.3 Å². The number of carbonyl (C=O) groups is 2. The molecule has 3 heterocycles. The molecule has 38 heavy (non-hydrogen) atoms. The van der Waals surface area contributed by atoms with Crippen LogP contribution < -0.4 is 10.6 Å². The van der Waals surface area contributed by atoms with E-state index in [1.165, 1.54) is 35.3 Å². The van der Waals surface area contributed by atoms with Crippen molar-refractivity contribution >= 4 is 35.2 Å². The number of allylic oxidation sites excluding steroid dienone is 1. The molecule has 0 unspecified atom stereocenters. The lowest BCUT2D eigenvalue weighted by Crippen LogP contribution is -2.27. The summed E-state index contributed by atoms with van der Waals surface area (Å²) in [6.45, 7) is 0. The van der Waals surface area contributed by atoms with Gasteiger partial charge in [0, 0.05) is 28.6 Å². The van der Waals surface area contributed by atoms with E-state index in [1.54, 1.807) is 30.5 Å². The molecule has 2 amide bonds. The average Bonchev–Trinajstić information content (AvgIpc) is 3.60. The number of amides is 2. The van der Waals surface area contributed by atoms with E-state index in [0.29, 0.717) is 51.9 Å². The zero-order chi connectivity index (χ0) is 26.5. The highest BCUT2D eigenvalue weighted by molar-refractivity contribution is 6.30. The lowest BCUT2D eigenvalue weighted by Gasteiger charge is -2.14. The molecule has 3 N–H and O–H groups in total. The Morgan fingerprint density at radius 1 is 1.21 bits per heavy atom. The Hall–Kier alpha value is -4.64. The second-order valence-corrected chi connectivity index (χ2v) is 8.95. The summed E-state index contributed by atoms with van der Waals surface area (Å²) < 4.78 is 15.5. The van der Waals surface area contributed by atoms with E-state index >= 15 is 0 Å². The molecule has 12 heteroatoms. The maximum Gasteiger partial charge on any atom is 0.244 e. The molecule has 1 atom stereocenters. The molecule has 5 rings (SSSR count). The minimum atomic E-state index is -0.503. The molecule has 0 aliphatic carbocycles. The Morgan fingerprint density at radius 3 is 2.95 bits per heavy atom. The molecular formula is C26H22ClFN8O2. The number of hydrogen-bond acceptors (Lipinski definition) is 6. The smallest absolute Gasteiger partial charge is 0.244 e. The zero-order valence-electron chi connectivity index (χ0n) is 19.9. The van der Waals surface area contributed by atoms with Crippen LogP contribution in [0.5, 0.6) is 0 Å². The van der Waals surface area contributed by atoms with Crippen molar-refractivity contribution in [3.63, 3.8) is 0 Å². The topological polar surface area (TPSA) is 130 Å². The summed E-state index contributed by atoms with van der Waals surface area (Å²) in [6.07, 6.45) is 11.0. The first-order valence-corrected chi connectivity index (χ1v) is 12.2. The number of tetrazole rings is 1. The Balaban J connectivity index is 1.41. The standard InChI is InChI=1S/C26H22ClFN8O2/c27-17-7-10-23(36-15-30-34-35-36)16(12-17)6-11-25(38)32-21-4-2-1-3-5-24(37)31-20-9-8-18(28)13-19(20)22-14-29-26(21)33-22/h1-2,6-15,21H,3-5H2,(H,29,33)(H,31,37)(H,32,38)/t21-/m0/s1. The largest absolute Gasteiger partial charge is 0.342 e. The van der Waals surface area contributed by atoms with Crippen LogP contribution >= 0.6 is 11.6 Å². The fourth-order valence-electron chi connectivity index (χ4n) is 4.04. The second kappa shape index (κ2) is 11.2. The van der Waals surface area contributed by atoms with Gasteiger partial charge in [-0.25, -0.2) is 9.37 Å². The summed E-state index contributed by atoms with van der Waals surface area (Å²) in [4.78, 5) is 32.9. The number of fused-ring (bicyclic) bond motifs is 4. The quantitative estimate of drug-likeness (QED) is 0.264. The molecule has 0 saturated heterocycles. The van der Waals surface area contributed by atoms with Crippen molar-refractivity contribution in [2.45, 2.75) is 25.3 Å². The first-order valence-electron chi connectivity index (χ1n) is 11.8. The summed E-state index contributed by atoms with van der Waals surface area (Å²) in [5, 5.41) is 17.5. The van der Waals surface area contributed by atoms with Gasteiger partial charge < -0.3 is 15.6 Å². The van der Waals surface area contributed by atoms with Crippen LogP contribution in [0.1, 0.15) is 36.7 Å². The van der Waals surface area contributed by atoms with Crippen molar-refractivity contribution in [2.75, 3.05) is 5.32 Å². The maximum absolute atomic E-state index is 14.1. The maximum atomic E-state index is 14.1. The van der Waals surface area contributed by atoms with Crippen molar-refractivity contribution < 1.29 is 14.0 Å². The van der Waals surface area contributed by atoms with Gasteiger partial charge in [0.2, 0.25) is 11.8 Å². The predicted octanol–water partition coefficient (Wildman–Crippen LogP) is 4.39. The molecule has 4 aromatic rings. The minimum Gasteiger partial charge on any atom is -0.342 e. The summed E-state index contributed by atoms with van der Waals surface area (Å²) >= 11 is 6.16. The molecule has 10 nitrogen and oxygen atoms in total. The predicted molar refractivity (Wildman–Crippen MR) is 140 cm³/mol. The van der Waals surface area contributed by atoms with Gasteiger partial charge in [0.15, 0.2) is 0 Å². The van der Waals surface area contributed by atoms with Crippen LogP contribution in [0.4, 0.5) is 10.1 Å². The van der Waals surface area contributed by atoms with Crippen LogP contribution in [0.15, 0.2) is 67.2 Å². The number of halogens is 2. The van der Waals surface area contributed by atoms with Crippen LogP contribution in [0.25, 0.3) is 23.0 Å². The lowest BCUT2D eigenvalue weighted by molar-refractivity contribution is -0.117. The Morgan fingerprint density at radius 2 is 2.11 bits per heavy atom. The Kier molecular flexibility index (Phi) is 7.36. The van der Waals surface area contributed by atoms with Crippen LogP contribution in [-0.2, 0) is 9.59 Å². The van der Waals surface area contributed by atoms with Gasteiger partial charge >= 0.3 is 0 Å². The van der Waals surface area contributed by atoms with Gasteiger partial charge in [0.25, 0.3) is 0 Å². The number of hydrogen-bond donors (Lipinski definition) is 3. The number of aromatic nitrogens is 6. The fourth-order valence-corrected chi connectivity index (χ4v) is 4.22. The molecule has 0 radical (unpaired) electrons. The summed E-state index contributed by atoms with van der Waals surface area (Å²) in [5.74, 6) is -0.503. The van der Waals surface area contributed by atoms with Gasteiger partial charge in [-0.1, -0.05) is 23.8 Å². The van der Waals surface area contributed by atoms with Crippen molar-refractivity contribution in [2.24, 2.45) is 0 Å². The lowest BCUT2D eigenvalue weighted by atomic mass is 10.1. The number of benzene rings is 2. The van der Waals surface area contributed by atoms with E-state index in [0.717, 1.165) is 0 Å². The van der Waals surface area contributed by atoms with Crippen molar-refractivity contribution in [3.8, 4) is 16.9 Å². The van der Waals surface area contributed by atoms with Crippen LogP contribution in [0, 0.1) is 5.82 Å². The molecule has 0 saturated carbocycles. The van der Waals surface area contributed by atoms with Crippen molar-refractivity contribution in [3.05, 3.63) is 89.4 Å². The summed E-state index contributed by atoms with van der Waals surface area (Å²) in [5.41, 5.74) is 2.74. The highest BCUT2D eigenvalue weighted by Gasteiger charge is 2.19. The fraction of sp³-hybridized carbons (Fsp3) is 0.154. The molecule has 2 aromatic carbocycles. The monoisotopic (exact) mass is 532 g/mol. The van der Waals surface area contributed by atoms with E-state index in [9.17, 15) is 14.0 Å². The van der Waals surface area contributed by atoms with E-state index in [2.05, 4.69) is 36.1 Å². The zero-order valence-corrected chi connectivity index (χ0v) is 20.7. The summed E-state index contributed by atoms with van der Waals surface area (Å²) in [6, 6.07) is 8.79. The molecule has 0 spiro atoms. The SMILES string of the molecule is O=C(C=Cc1cc(Cl)ccc1-n1cnnn1)N[C@H]1CC=CCCC(=O)Nc2ccc(F)cc2-c2cnc1[nH]2. The van der Waals surface area contributed by atoms with Gasteiger partial charge in [-0.2, -0.15) is 4.68 Å². The number of rotatable bonds is 4. The van der Waals surface area contributed by atoms with Gasteiger partial charge in [-0.3, -0.25) is 9.59 Å². The molecule has 2 aromatic heterocycles.